The first-order valence-electron chi connectivity index (χ1n) is 10.8. The number of nitrogens with one attached hydrogen (secondary N) is 3. The van der Waals surface area contributed by atoms with Crippen LogP contribution in [-0.2, 0) is 11.0 Å². The number of alkyl halides is 3. The Labute approximate surface area is 210 Å². The fourth-order valence-electron chi connectivity index (χ4n) is 3.30. The molecule has 2 aromatic carbocycles. The molecule has 2 amide bonds. The molecule has 37 heavy (non-hydrogen) atoms. The molecule has 0 atom stereocenters. The maximum Gasteiger partial charge on any atom is 0.421 e. The number of hydrogen-bond donors (Lipinski definition) is 4. The van der Waals surface area contributed by atoms with Crippen LogP contribution in [0.1, 0.15) is 34.0 Å². The largest absolute Gasteiger partial charge is 0.480 e. The molecular weight excluding hydrogens is 489 g/mol. The zero-order chi connectivity index (χ0) is 27.3. The summed E-state index contributed by atoms with van der Waals surface area (Å²) in [5, 5.41) is 8.03. The fourth-order valence-corrected chi connectivity index (χ4v) is 3.30. The second-order valence-electron chi connectivity index (χ2n) is 7.95. The number of aromatic nitrogens is 2. The number of halogens is 3. The van der Waals surface area contributed by atoms with Gasteiger partial charge in [-0.2, -0.15) is 18.2 Å². The summed E-state index contributed by atoms with van der Waals surface area (Å²) in [6.45, 7) is 4.63. The fraction of sp³-hybridized carbons (Fsp3) is 0.200. The van der Waals surface area contributed by atoms with E-state index in [0.29, 0.717) is 17.4 Å². The molecule has 9 nitrogen and oxygen atoms in total. The highest BCUT2D eigenvalue weighted by molar-refractivity contribution is 5.97. The molecule has 0 radical (unpaired) electrons. The van der Waals surface area contributed by atoms with Gasteiger partial charge in [-0.25, -0.2) is 4.98 Å². The lowest BCUT2D eigenvalue weighted by atomic mass is 10.1. The van der Waals surface area contributed by atoms with Gasteiger partial charge in [-0.15, -0.1) is 6.42 Å². The van der Waals surface area contributed by atoms with Crippen LogP contribution in [0.5, 0.6) is 5.75 Å². The van der Waals surface area contributed by atoms with Crippen LogP contribution < -0.4 is 26.4 Å². The van der Waals surface area contributed by atoms with Crippen LogP contribution in [0, 0.1) is 26.2 Å². The van der Waals surface area contributed by atoms with Crippen molar-refractivity contribution < 1.29 is 27.5 Å². The van der Waals surface area contributed by atoms with Gasteiger partial charge >= 0.3 is 6.18 Å². The van der Waals surface area contributed by atoms with Gasteiger partial charge in [0, 0.05) is 18.8 Å². The number of aryl methyl sites for hydroxylation is 2. The number of rotatable bonds is 8. The van der Waals surface area contributed by atoms with Crippen molar-refractivity contribution in [2.75, 3.05) is 22.6 Å². The predicted molar refractivity (Wildman–Crippen MR) is 133 cm³/mol. The zero-order valence-electron chi connectivity index (χ0n) is 20.1. The molecule has 0 unspecified atom stereocenters. The van der Waals surface area contributed by atoms with Crippen LogP contribution in [0.4, 0.5) is 42.0 Å². The molecule has 3 rings (SSSR count). The number of hydrogen-bond acceptors (Lipinski definition) is 7. The Morgan fingerprint density at radius 1 is 1.11 bits per heavy atom. The predicted octanol–water partition coefficient (Wildman–Crippen LogP) is 4.67. The molecule has 3 aromatic rings. The summed E-state index contributed by atoms with van der Waals surface area (Å²) in [4.78, 5) is 31.3. The van der Waals surface area contributed by atoms with Crippen molar-refractivity contribution in [3.63, 3.8) is 0 Å². The van der Waals surface area contributed by atoms with E-state index in [-0.39, 0.29) is 35.2 Å². The van der Waals surface area contributed by atoms with Crippen molar-refractivity contribution in [2.24, 2.45) is 5.73 Å². The normalized spacial score (nSPS) is 10.8. The van der Waals surface area contributed by atoms with Gasteiger partial charge in [0.15, 0.2) is 0 Å². The minimum atomic E-state index is -4.77. The Morgan fingerprint density at radius 2 is 1.84 bits per heavy atom. The third-order valence-corrected chi connectivity index (χ3v) is 4.98. The molecule has 0 saturated heterocycles. The number of nitrogens with two attached hydrogens (primary N) is 1. The van der Waals surface area contributed by atoms with Crippen molar-refractivity contribution in [2.45, 2.75) is 26.9 Å². The van der Waals surface area contributed by atoms with Gasteiger partial charge in [-0.1, -0.05) is 12.0 Å². The van der Waals surface area contributed by atoms with Crippen LogP contribution in [0.2, 0.25) is 0 Å². The lowest BCUT2D eigenvalue weighted by Gasteiger charge is -2.18. The van der Waals surface area contributed by atoms with E-state index in [9.17, 15) is 22.8 Å². The Balaban J connectivity index is 2.04. The minimum Gasteiger partial charge on any atom is -0.480 e. The molecule has 0 aliphatic heterocycles. The molecule has 0 spiro atoms. The number of carbonyl (C=O) groups excluding carboxylic acids is 2. The van der Waals surface area contributed by atoms with Crippen molar-refractivity contribution in [1.82, 2.24) is 9.97 Å². The first-order chi connectivity index (χ1) is 17.4. The SMILES string of the molecule is C#CCOc1cc(C)c(Nc2ncc(C(F)(F)F)c(Nc3ccc(C)cc3NC(C)=O)n2)cc1C(N)=O. The maximum atomic E-state index is 13.7. The van der Waals surface area contributed by atoms with Gasteiger partial charge in [0.25, 0.3) is 5.91 Å². The van der Waals surface area contributed by atoms with E-state index < -0.39 is 29.4 Å². The van der Waals surface area contributed by atoms with Crippen LogP contribution in [0.15, 0.2) is 36.5 Å². The van der Waals surface area contributed by atoms with E-state index in [1.54, 1.807) is 26.0 Å². The maximum absolute atomic E-state index is 13.7. The molecule has 0 saturated carbocycles. The van der Waals surface area contributed by atoms with Gasteiger partial charge < -0.3 is 26.4 Å². The van der Waals surface area contributed by atoms with Crippen LogP contribution >= 0.6 is 0 Å². The van der Waals surface area contributed by atoms with E-state index in [1.807, 2.05) is 0 Å². The van der Waals surface area contributed by atoms with Crippen molar-refractivity contribution >= 4 is 40.6 Å². The molecule has 0 bridgehead atoms. The topological polar surface area (TPSA) is 131 Å². The summed E-state index contributed by atoms with van der Waals surface area (Å²) >= 11 is 0. The Kier molecular flexibility index (Phi) is 7.87. The average Bonchev–Trinajstić information content (AvgIpc) is 2.79. The molecule has 12 heteroatoms. The number of anilines is 5. The summed E-state index contributed by atoms with van der Waals surface area (Å²) in [7, 11) is 0. The summed E-state index contributed by atoms with van der Waals surface area (Å²) in [5.41, 5.74) is 6.44. The molecule has 0 aliphatic rings. The number of primary amides is 1. The third-order valence-electron chi connectivity index (χ3n) is 4.98. The van der Waals surface area contributed by atoms with E-state index >= 15 is 0 Å². The first kappa shape index (κ1) is 26.8. The van der Waals surface area contributed by atoms with Gasteiger partial charge in [-0.05, 0) is 49.2 Å². The number of ether oxygens (including phenoxy) is 1. The Hall–Kier alpha value is -4.79. The highest BCUT2D eigenvalue weighted by atomic mass is 19.4. The van der Waals surface area contributed by atoms with E-state index in [0.717, 1.165) is 5.56 Å². The second kappa shape index (κ2) is 10.9. The second-order valence-corrected chi connectivity index (χ2v) is 7.95. The minimum absolute atomic E-state index is 0.00761. The molecule has 1 heterocycles. The number of amides is 2. The number of nitrogens with zero attached hydrogens (tertiary/aromatic N) is 2. The van der Waals surface area contributed by atoms with Gasteiger partial charge in [0.2, 0.25) is 11.9 Å². The monoisotopic (exact) mass is 512 g/mol. The third kappa shape index (κ3) is 6.66. The van der Waals surface area contributed by atoms with Crippen LogP contribution in [-0.4, -0.2) is 28.4 Å². The number of benzene rings is 2. The summed E-state index contributed by atoms with van der Waals surface area (Å²) in [6.07, 6.45) is 1.05. The van der Waals surface area contributed by atoms with Crippen molar-refractivity contribution in [3.05, 3.63) is 58.8 Å². The molecule has 5 N–H and O–H groups in total. The van der Waals surface area contributed by atoms with Crippen LogP contribution in [0.25, 0.3) is 0 Å². The van der Waals surface area contributed by atoms with Gasteiger partial charge in [0.1, 0.15) is 23.7 Å². The van der Waals surface area contributed by atoms with Gasteiger partial charge in [-0.3, -0.25) is 9.59 Å². The van der Waals surface area contributed by atoms with Crippen molar-refractivity contribution in [1.29, 1.82) is 0 Å². The first-order valence-corrected chi connectivity index (χ1v) is 10.8. The summed E-state index contributed by atoms with van der Waals surface area (Å²) in [6, 6.07) is 7.67. The average molecular weight is 512 g/mol. The standard InChI is InChI=1S/C25H23F3N6O3/c1-5-8-37-21-10-14(3)19(11-16(21)22(29)36)33-24-30-12-17(25(26,27)28)23(34-24)32-18-7-6-13(2)9-20(18)31-15(4)35/h1,6-7,9-12H,8H2,2-4H3,(H2,29,36)(H,31,35)(H2,30,32,33,34). The van der Waals surface area contributed by atoms with Gasteiger partial charge in [0.05, 0.1) is 16.9 Å². The molecular formula is C25H23F3N6O3. The highest BCUT2D eigenvalue weighted by Crippen LogP contribution is 2.37. The lowest BCUT2D eigenvalue weighted by molar-refractivity contribution is -0.137. The van der Waals surface area contributed by atoms with E-state index in [2.05, 4.69) is 31.8 Å². The van der Waals surface area contributed by atoms with E-state index in [4.69, 9.17) is 16.9 Å². The van der Waals surface area contributed by atoms with Crippen LogP contribution in [0.3, 0.4) is 0 Å². The van der Waals surface area contributed by atoms with E-state index in [1.165, 1.54) is 25.1 Å². The molecule has 0 aliphatic carbocycles. The molecule has 1 aromatic heterocycles. The zero-order valence-corrected chi connectivity index (χ0v) is 20.1. The molecule has 192 valence electrons. The summed E-state index contributed by atoms with van der Waals surface area (Å²) < 4.78 is 46.6. The number of carbonyl (C=O) groups is 2. The quantitative estimate of drug-likeness (QED) is 0.323. The number of terminal acetylenes is 1. The highest BCUT2D eigenvalue weighted by Gasteiger charge is 2.35. The smallest absolute Gasteiger partial charge is 0.421 e. The summed E-state index contributed by atoms with van der Waals surface area (Å²) in [5.74, 6) is 0.504. The lowest BCUT2D eigenvalue weighted by Crippen LogP contribution is -2.15. The van der Waals surface area contributed by atoms with Crippen molar-refractivity contribution in [3.8, 4) is 18.1 Å². The Morgan fingerprint density at radius 3 is 2.46 bits per heavy atom. The molecule has 0 fully saturated rings. The Bertz CT molecular complexity index is 1400.